The van der Waals surface area contributed by atoms with E-state index in [2.05, 4.69) is 285 Å². The molecule has 0 aromatic heterocycles. The molecule has 0 aliphatic rings. The van der Waals surface area contributed by atoms with Crippen LogP contribution in [0.2, 0.25) is 0 Å². The van der Waals surface area contributed by atoms with E-state index in [0.29, 0.717) is 110 Å². The zero-order valence-electron chi connectivity index (χ0n) is 92.0. The van der Waals surface area contributed by atoms with Gasteiger partial charge in [0.1, 0.15) is 5.78 Å². The number of carbonyl (C=O) groups is 9. The van der Waals surface area contributed by atoms with Crippen molar-refractivity contribution < 1.29 is 82.5 Å². The summed E-state index contributed by atoms with van der Waals surface area (Å²) in [6.45, 7) is 43.8. The number of carboxylic acid groups (broad SMARTS) is 4. The fraction of sp³-hybridized carbons (Fsp3) is 0.504. The molecule has 0 saturated heterocycles. The normalized spacial score (nSPS) is 10.6. The minimum Gasteiger partial charge on any atom is -0.481 e. The monoisotopic (exact) mass is 1980 g/mol. The molecule has 0 spiro atoms. The largest absolute Gasteiger partial charge is 0.481 e. The Morgan fingerprint density at radius 2 is 0.438 bits per heavy atom. The number of ketones is 1. The lowest BCUT2D eigenvalue weighted by Crippen LogP contribution is -2.04. The highest BCUT2D eigenvalue weighted by molar-refractivity contribution is 5.89. The van der Waals surface area contributed by atoms with Gasteiger partial charge in [0.15, 0.2) is 0 Å². The summed E-state index contributed by atoms with van der Waals surface area (Å²) in [7, 11) is 2.82. The molecule has 0 amide bonds. The van der Waals surface area contributed by atoms with E-state index in [9.17, 15) is 43.2 Å². The van der Waals surface area contributed by atoms with Gasteiger partial charge in [-0.1, -0.05) is 331 Å². The number of methoxy groups -OCH3 is 2. The standard InChI is InChI=1S/C18H28O2.2C16H24O2.2C14H20O2.C14H20O.C13H18O2.C12H16O2.C10H12O2/c1-4-20-18(19)9-7-5-6-8-16-10-12-17(13-11-16)14-15(2)3;1-13(2)12-15-10-8-14(9-11-15)6-4-3-5-7-16(17)18;1-4-18-16(17)7-5-6-14-8-10-15(11-9-14)12-13(2)3;1-11(2)10-13-6-4-12(5-7-13)8-9-14(15)16-3;1-11(2)10-13-8-6-12(7-9-13)4-3-5-14(15)16;1-11(2)10-14-8-6-13(7-9-14)5-4-12(3)15;1-10(2)9-12-5-3-11(4-6-12)7-8-13(14)15;1-9(2)8-10-4-6-11(7-5-10)12(13)14-3;1-2-3-8-4-6-9(7-5-8)10(11)12/h10-13,15H,4-9,14H2,1-3H3;8-11,13H,3-7,12H2,1-2H3,(H,17,18);8-11,13H,4-7,12H2,1-3H3;4-7,11H,8-10H2,1-3H3;6-9,11H,3-5,10H2,1-2H3,(H,15,16);6-9,11H,4-5,10H2,1-3H3;3-6,10H,7-9H2,1-2H3,(H,14,15);4-7,9H,8H2,1-3H3;4-7H,2-3H2,1H3,(H,11,12). The van der Waals surface area contributed by atoms with Gasteiger partial charge in [-0.05, 0) is 323 Å². The summed E-state index contributed by atoms with van der Waals surface area (Å²) in [6.07, 6.45) is 27.8. The van der Waals surface area contributed by atoms with Crippen LogP contribution in [0.1, 0.15) is 351 Å². The molecular formula is C127H182O17. The number of aryl methyl sites for hydroxylation is 8. The van der Waals surface area contributed by atoms with Gasteiger partial charge >= 0.3 is 47.8 Å². The number of hydrogen-bond acceptors (Lipinski definition) is 13. The lowest BCUT2D eigenvalue weighted by molar-refractivity contribution is -0.144. The van der Waals surface area contributed by atoms with Crippen LogP contribution < -0.4 is 0 Å². The van der Waals surface area contributed by atoms with Crippen LogP contribution in [0.15, 0.2) is 218 Å². The first-order chi connectivity index (χ1) is 68.5. The van der Waals surface area contributed by atoms with E-state index < -0.39 is 23.9 Å². The first-order valence-electron chi connectivity index (χ1n) is 53.1. The molecule has 792 valence electrons. The van der Waals surface area contributed by atoms with Crippen molar-refractivity contribution in [1.29, 1.82) is 0 Å². The Labute approximate surface area is 868 Å². The zero-order valence-corrected chi connectivity index (χ0v) is 92.0. The summed E-state index contributed by atoms with van der Waals surface area (Å²) in [5.41, 5.74) is 21.9. The van der Waals surface area contributed by atoms with Gasteiger partial charge in [-0.15, -0.1) is 0 Å². The molecule has 9 aromatic rings. The Hall–Kier alpha value is -11.6. The number of rotatable bonds is 51. The number of ether oxygens (including phenoxy) is 4. The molecule has 0 radical (unpaired) electrons. The van der Waals surface area contributed by atoms with E-state index in [4.69, 9.17) is 29.9 Å². The molecule has 0 unspecified atom stereocenters. The maximum atomic E-state index is 11.2. The maximum Gasteiger partial charge on any atom is 0.337 e. The number of unbranched alkanes of at least 4 members (excludes halogenated alkanes) is 4. The van der Waals surface area contributed by atoms with Gasteiger partial charge in [0.25, 0.3) is 0 Å². The fourth-order valence-electron chi connectivity index (χ4n) is 15.5. The summed E-state index contributed by atoms with van der Waals surface area (Å²) in [4.78, 5) is 96.9. The molecule has 17 nitrogen and oxygen atoms in total. The highest BCUT2D eigenvalue weighted by Gasteiger charge is 2.12. The van der Waals surface area contributed by atoms with Gasteiger partial charge in [0, 0.05) is 44.9 Å². The van der Waals surface area contributed by atoms with Crippen molar-refractivity contribution in [2.75, 3.05) is 27.4 Å². The van der Waals surface area contributed by atoms with Crippen LogP contribution in [0.4, 0.5) is 0 Å². The van der Waals surface area contributed by atoms with E-state index in [1.54, 1.807) is 19.1 Å². The molecule has 4 N–H and O–H groups in total. The molecule has 9 aromatic carbocycles. The van der Waals surface area contributed by atoms with Crippen LogP contribution in [0, 0.1) is 47.3 Å². The number of hydrogen-bond donors (Lipinski definition) is 4. The van der Waals surface area contributed by atoms with Crippen molar-refractivity contribution in [1.82, 2.24) is 0 Å². The lowest BCUT2D eigenvalue weighted by atomic mass is 10.00. The first-order valence-corrected chi connectivity index (χ1v) is 53.1. The predicted molar refractivity (Wildman–Crippen MR) is 593 cm³/mol. The van der Waals surface area contributed by atoms with Crippen LogP contribution in [0.3, 0.4) is 0 Å². The van der Waals surface area contributed by atoms with Crippen molar-refractivity contribution in [2.45, 2.75) is 344 Å². The summed E-state index contributed by atoms with van der Waals surface area (Å²) < 4.78 is 19.0. The van der Waals surface area contributed by atoms with Gasteiger partial charge in [0.2, 0.25) is 0 Å². The average molecular weight is 1980 g/mol. The average Bonchev–Trinajstić information content (AvgIpc) is 0.987. The Kier molecular flexibility index (Phi) is 72.2. The highest BCUT2D eigenvalue weighted by atomic mass is 16.5. The molecule has 0 saturated carbocycles. The van der Waals surface area contributed by atoms with E-state index in [0.717, 1.165) is 160 Å². The first kappa shape index (κ1) is 130. The van der Waals surface area contributed by atoms with Crippen LogP contribution in [0.5, 0.6) is 0 Å². The quantitative estimate of drug-likeness (QED) is 0.0157. The smallest absolute Gasteiger partial charge is 0.337 e. The molecule has 0 atom stereocenters. The third-order valence-electron chi connectivity index (χ3n) is 22.7. The number of carboxylic acids is 4. The molecule has 0 aliphatic heterocycles. The lowest BCUT2D eigenvalue weighted by Gasteiger charge is -2.06. The Morgan fingerprint density at radius 1 is 0.222 bits per heavy atom. The van der Waals surface area contributed by atoms with E-state index >= 15 is 0 Å². The van der Waals surface area contributed by atoms with Crippen LogP contribution in [-0.4, -0.2) is 101 Å². The van der Waals surface area contributed by atoms with Crippen LogP contribution >= 0.6 is 0 Å². The van der Waals surface area contributed by atoms with Crippen molar-refractivity contribution in [3.8, 4) is 0 Å². The van der Waals surface area contributed by atoms with Gasteiger partial charge in [0.05, 0.1) is 38.6 Å². The third-order valence-corrected chi connectivity index (χ3v) is 22.7. The summed E-state index contributed by atoms with van der Waals surface area (Å²) in [5, 5.41) is 34.2. The summed E-state index contributed by atoms with van der Waals surface area (Å²) >= 11 is 0. The van der Waals surface area contributed by atoms with Crippen molar-refractivity contribution >= 4 is 53.5 Å². The molecule has 0 fully saturated rings. The minimum absolute atomic E-state index is 0.0643. The molecule has 9 rings (SSSR count). The Morgan fingerprint density at radius 3 is 0.688 bits per heavy atom. The van der Waals surface area contributed by atoms with Gasteiger partial charge in [-0.3, -0.25) is 28.8 Å². The number of Topliss-reactive ketones (excluding diaryl/α,β-unsaturated/α-hetero) is 1. The Bertz CT molecular complexity index is 4820. The second-order valence-corrected chi connectivity index (χ2v) is 40.8. The number of benzene rings is 9. The molecule has 144 heavy (non-hydrogen) atoms. The maximum absolute atomic E-state index is 11.2. The number of aromatic carboxylic acids is 1. The van der Waals surface area contributed by atoms with Gasteiger partial charge in [-0.2, -0.15) is 0 Å². The van der Waals surface area contributed by atoms with Crippen molar-refractivity contribution in [3.05, 3.63) is 319 Å². The highest BCUT2D eigenvalue weighted by Crippen LogP contribution is 2.22. The summed E-state index contributed by atoms with van der Waals surface area (Å²) in [6, 6.07) is 75.0. The van der Waals surface area contributed by atoms with E-state index in [1.807, 2.05) is 62.4 Å². The van der Waals surface area contributed by atoms with Gasteiger partial charge in [-0.25, -0.2) is 9.59 Å². The molecule has 0 aliphatic carbocycles. The topological polar surface area (TPSA) is 271 Å². The zero-order chi connectivity index (χ0) is 108. The van der Waals surface area contributed by atoms with E-state index in [1.165, 1.54) is 97.7 Å². The van der Waals surface area contributed by atoms with Crippen molar-refractivity contribution in [3.63, 3.8) is 0 Å². The molecular weight excluding hydrogens is 1800 g/mol. The predicted octanol–water partition coefficient (Wildman–Crippen LogP) is 30.0. The third kappa shape index (κ3) is 71.8. The minimum atomic E-state index is -0.863. The number of aliphatic carboxylic acids is 3. The van der Waals surface area contributed by atoms with Crippen molar-refractivity contribution in [2.24, 2.45) is 47.3 Å². The Balaban J connectivity index is 0.000000812. The molecule has 0 heterocycles. The number of carbonyl (C=O) groups excluding carboxylic acids is 5. The number of esters is 4. The SMILES string of the molecule is CC(=O)CCc1ccc(CC(C)C)cc1.CC(C)Cc1ccc(CCC(=O)O)cc1.CC(C)Cc1ccc(CCCC(=O)O)cc1.CC(C)Cc1ccc(CCCCCC(=O)O)cc1.CCCc1ccc(C(=O)O)cc1.CCOC(=O)CCCCCc1ccc(CC(C)C)cc1.CCOC(=O)CCCc1ccc(CC(C)C)cc1.COC(=O)CCc1ccc(CC(C)C)cc1.COC(=O)c1ccc(CC(C)C)cc1. The van der Waals surface area contributed by atoms with Crippen LogP contribution in [0.25, 0.3) is 0 Å². The second kappa shape index (κ2) is 79.7. The van der Waals surface area contributed by atoms with Crippen LogP contribution in [-0.2, 0) is 155 Å². The summed E-state index contributed by atoms with van der Waals surface area (Å²) in [5.74, 6) is 2.16. The molecule has 0 bridgehead atoms. The fourth-order valence-corrected chi connectivity index (χ4v) is 15.5. The molecule has 17 heteroatoms. The second-order valence-electron chi connectivity index (χ2n) is 40.8. The van der Waals surface area contributed by atoms with E-state index in [-0.39, 0.29) is 42.5 Å². The van der Waals surface area contributed by atoms with Gasteiger partial charge < -0.3 is 44.2 Å².